The van der Waals surface area contributed by atoms with E-state index in [-0.39, 0.29) is 0 Å². The fraction of sp³-hybridized carbons (Fsp3) is 0.588. The molecule has 8 aliphatic rings. The molecule has 0 radical (unpaired) electrons. The van der Waals surface area contributed by atoms with Gasteiger partial charge in [0.05, 0.1) is 0 Å². The van der Waals surface area contributed by atoms with Crippen LogP contribution >= 0.6 is 0 Å². The number of rotatable bonds is 2. The molecule has 0 amide bonds. The van der Waals surface area contributed by atoms with E-state index in [1.165, 1.54) is 98.6 Å². The van der Waals surface area contributed by atoms with Gasteiger partial charge in [0.2, 0.25) is 0 Å². The van der Waals surface area contributed by atoms with Crippen LogP contribution in [0.5, 0.6) is 0 Å². The van der Waals surface area contributed by atoms with Gasteiger partial charge < -0.3 is 0 Å². The Labute approximate surface area is 204 Å². The third-order valence-electron chi connectivity index (χ3n) is 12.1. The number of benzene rings is 3. The van der Waals surface area contributed by atoms with Gasteiger partial charge in [0.25, 0.3) is 0 Å². The first-order valence-corrected chi connectivity index (χ1v) is 14.6. The van der Waals surface area contributed by atoms with Crippen LogP contribution in [-0.4, -0.2) is 0 Å². The Morgan fingerprint density at radius 1 is 0.382 bits per heavy atom. The Kier molecular flexibility index (Phi) is 3.70. The van der Waals surface area contributed by atoms with Crippen LogP contribution in [0.1, 0.15) is 88.2 Å². The second-order valence-electron chi connectivity index (χ2n) is 14.4. The fourth-order valence-electron chi connectivity index (χ4n) is 11.6. The average Bonchev–Trinajstić information content (AvgIpc) is 2.80. The van der Waals surface area contributed by atoms with Gasteiger partial charge in [-0.1, -0.05) is 36.4 Å². The van der Waals surface area contributed by atoms with Gasteiger partial charge in [-0.15, -0.1) is 0 Å². The van der Waals surface area contributed by atoms with Crippen molar-refractivity contribution in [3.8, 4) is 0 Å². The lowest BCUT2D eigenvalue weighted by atomic mass is 9.48. The molecule has 0 nitrogen and oxygen atoms in total. The first-order chi connectivity index (χ1) is 16.6. The second-order valence-corrected chi connectivity index (χ2v) is 14.4. The summed E-state index contributed by atoms with van der Waals surface area (Å²) < 4.78 is 0. The number of fused-ring (bicyclic) bond motifs is 2. The van der Waals surface area contributed by atoms with E-state index in [4.69, 9.17) is 0 Å². The van der Waals surface area contributed by atoms with E-state index in [0.717, 1.165) is 35.5 Å². The lowest BCUT2D eigenvalue weighted by Crippen LogP contribution is -2.48. The molecule has 3 aromatic rings. The molecule has 3 aromatic carbocycles. The van der Waals surface area contributed by atoms with Gasteiger partial charge in [-0.3, -0.25) is 0 Å². The molecule has 0 N–H and O–H groups in total. The first-order valence-electron chi connectivity index (χ1n) is 14.6. The molecule has 8 bridgehead atoms. The molecule has 0 aliphatic heterocycles. The minimum absolute atomic E-state index is 0.499. The monoisotopic (exact) mass is 446 g/mol. The molecule has 0 aromatic heterocycles. The molecule has 8 fully saturated rings. The Bertz CT molecular complexity index is 1160. The molecule has 174 valence electrons. The van der Waals surface area contributed by atoms with Crippen LogP contribution < -0.4 is 0 Å². The van der Waals surface area contributed by atoms with Crippen LogP contribution in [0, 0.1) is 35.5 Å². The van der Waals surface area contributed by atoms with Crippen molar-refractivity contribution in [2.75, 3.05) is 0 Å². The van der Waals surface area contributed by atoms with Crippen LogP contribution in [0.15, 0.2) is 48.5 Å². The van der Waals surface area contributed by atoms with Crippen LogP contribution in [0.3, 0.4) is 0 Å². The van der Waals surface area contributed by atoms with E-state index >= 15 is 0 Å². The lowest BCUT2D eigenvalue weighted by molar-refractivity contribution is -0.00523. The van der Waals surface area contributed by atoms with Gasteiger partial charge in [0.15, 0.2) is 0 Å². The summed E-state index contributed by atoms with van der Waals surface area (Å²) in [6.45, 7) is 0. The third kappa shape index (κ3) is 2.67. The Balaban J connectivity index is 1.14. The Morgan fingerprint density at radius 2 is 0.706 bits per heavy atom. The molecule has 8 aliphatic carbocycles. The predicted octanol–water partition coefficient (Wildman–Crippen LogP) is 8.93. The van der Waals surface area contributed by atoms with Crippen molar-refractivity contribution in [1.29, 1.82) is 0 Å². The van der Waals surface area contributed by atoms with Gasteiger partial charge in [-0.2, -0.15) is 0 Å². The average molecular weight is 447 g/mol. The SMILES string of the molecule is c1cc2cc3ccc(C45CC6CC(CC(C6)C4)C5)cc3cc2cc1C12CC3CC(CC(C3)C1)C2. The zero-order chi connectivity index (χ0) is 22.1. The lowest BCUT2D eigenvalue weighted by Gasteiger charge is -2.57. The molecule has 0 atom stereocenters. The highest BCUT2D eigenvalue weighted by Gasteiger charge is 2.52. The summed E-state index contributed by atoms with van der Waals surface area (Å²) in [6, 6.07) is 20.2. The van der Waals surface area contributed by atoms with E-state index in [2.05, 4.69) is 48.5 Å². The van der Waals surface area contributed by atoms with E-state index in [9.17, 15) is 0 Å². The van der Waals surface area contributed by atoms with Gasteiger partial charge >= 0.3 is 0 Å². The van der Waals surface area contributed by atoms with Crippen molar-refractivity contribution < 1.29 is 0 Å². The molecule has 8 saturated carbocycles. The summed E-state index contributed by atoms with van der Waals surface area (Å²) in [6.07, 6.45) is 18.0. The smallest absolute Gasteiger partial charge is 0.00388 e. The second kappa shape index (κ2) is 6.48. The molecule has 0 heterocycles. The van der Waals surface area contributed by atoms with Gasteiger partial charge in [0, 0.05) is 0 Å². The van der Waals surface area contributed by atoms with E-state index < -0.39 is 0 Å². The maximum Gasteiger partial charge on any atom is -0.00388 e. The number of hydrogen-bond acceptors (Lipinski definition) is 0. The molecule has 0 heteroatoms. The van der Waals surface area contributed by atoms with Crippen LogP contribution in [0.4, 0.5) is 0 Å². The maximum absolute atomic E-state index is 2.62. The molecule has 0 unspecified atom stereocenters. The van der Waals surface area contributed by atoms with Crippen molar-refractivity contribution in [2.45, 2.75) is 87.9 Å². The van der Waals surface area contributed by atoms with Crippen molar-refractivity contribution in [3.05, 3.63) is 59.7 Å². The van der Waals surface area contributed by atoms with E-state index in [1.807, 2.05) is 0 Å². The Morgan fingerprint density at radius 3 is 1.06 bits per heavy atom. The van der Waals surface area contributed by atoms with Crippen molar-refractivity contribution in [1.82, 2.24) is 0 Å². The van der Waals surface area contributed by atoms with Crippen molar-refractivity contribution >= 4 is 21.5 Å². The number of hydrogen-bond donors (Lipinski definition) is 0. The van der Waals surface area contributed by atoms with Crippen LogP contribution in [-0.2, 0) is 10.8 Å². The summed E-state index contributed by atoms with van der Waals surface area (Å²) in [5.74, 6) is 6.09. The normalized spacial score (nSPS) is 43.9. The predicted molar refractivity (Wildman–Crippen MR) is 141 cm³/mol. The first kappa shape index (κ1) is 19.4. The zero-order valence-electron chi connectivity index (χ0n) is 20.6. The maximum atomic E-state index is 2.62. The van der Waals surface area contributed by atoms with Crippen molar-refractivity contribution in [3.63, 3.8) is 0 Å². The summed E-state index contributed by atoms with van der Waals surface area (Å²) in [5, 5.41) is 5.85. The van der Waals surface area contributed by atoms with Crippen LogP contribution in [0.2, 0.25) is 0 Å². The largest absolute Gasteiger partial charge is 0.0578 e. The molecular formula is C34H38. The third-order valence-corrected chi connectivity index (χ3v) is 12.1. The zero-order valence-corrected chi connectivity index (χ0v) is 20.6. The summed E-state index contributed by atoms with van der Waals surface area (Å²) in [7, 11) is 0. The van der Waals surface area contributed by atoms with E-state index in [1.54, 1.807) is 11.1 Å². The minimum atomic E-state index is 0.499. The van der Waals surface area contributed by atoms with E-state index in [0.29, 0.717) is 10.8 Å². The quantitative estimate of drug-likeness (QED) is 0.345. The van der Waals surface area contributed by atoms with Gasteiger partial charge in [-0.25, -0.2) is 0 Å². The summed E-state index contributed by atoms with van der Waals surface area (Å²) >= 11 is 0. The highest BCUT2D eigenvalue weighted by molar-refractivity contribution is 5.98. The van der Waals surface area contributed by atoms with Gasteiger partial charge in [-0.05, 0) is 168 Å². The van der Waals surface area contributed by atoms with Crippen molar-refractivity contribution in [2.24, 2.45) is 35.5 Å². The Hall–Kier alpha value is -1.82. The molecule has 34 heavy (non-hydrogen) atoms. The highest BCUT2D eigenvalue weighted by Crippen LogP contribution is 2.62. The topological polar surface area (TPSA) is 0 Å². The minimum Gasteiger partial charge on any atom is -0.0578 e. The standard InChI is InChI=1S/C34H38/c1-3-31(33-15-21-5-22(16-33)7-23(6-21)17-33)13-29-12-30-14-32(4-2-28(30)11-27(1)29)34-18-24-8-25(19-34)10-26(9-24)20-34/h1-4,11-14,21-26H,5-10,15-20H2. The van der Waals surface area contributed by atoms with Gasteiger partial charge in [0.1, 0.15) is 0 Å². The molecular weight excluding hydrogens is 408 g/mol. The fourth-order valence-corrected chi connectivity index (χ4v) is 11.6. The molecule has 0 saturated heterocycles. The highest BCUT2D eigenvalue weighted by atomic mass is 14.6. The summed E-state index contributed by atoms with van der Waals surface area (Å²) in [5.41, 5.74) is 4.35. The van der Waals surface area contributed by atoms with Crippen LogP contribution in [0.25, 0.3) is 21.5 Å². The molecule has 11 rings (SSSR count). The molecule has 0 spiro atoms. The summed E-state index contributed by atoms with van der Waals surface area (Å²) in [4.78, 5) is 0.